The average Bonchev–Trinajstić information content (AvgIpc) is 2.76. The van der Waals surface area contributed by atoms with Gasteiger partial charge in [0.05, 0.1) is 13.6 Å². The van der Waals surface area contributed by atoms with Gasteiger partial charge in [-0.25, -0.2) is 0 Å². The fourth-order valence-corrected chi connectivity index (χ4v) is 5.62. The summed E-state index contributed by atoms with van der Waals surface area (Å²) in [5.41, 5.74) is 11.8. The van der Waals surface area contributed by atoms with Gasteiger partial charge >= 0.3 is 0 Å². The molecule has 100 valence electrons. The van der Waals surface area contributed by atoms with Crippen molar-refractivity contribution < 1.29 is 0 Å². The minimum absolute atomic E-state index is 0.0517. The Bertz CT molecular complexity index is 606. The molecule has 3 rings (SSSR count). The normalized spacial score (nSPS) is 16.2. The van der Waals surface area contributed by atoms with Crippen LogP contribution in [0.15, 0.2) is 31.8 Å². The molecule has 1 aliphatic carbocycles. The first-order valence-electron chi connectivity index (χ1n) is 6.47. The molecule has 1 heterocycles. The number of aryl methyl sites for hydroxylation is 2. The summed E-state index contributed by atoms with van der Waals surface area (Å²) < 4.78 is 2.23. The first-order chi connectivity index (χ1) is 9.15. The van der Waals surface area contributed by atoms with E-state index in [9.17, 15) is 0 Å². The van der Waals surface area contributed by atoms with E-state index in [0.717, 1.165) is 13.1 Å². The summed E-state index contributed by atoms with van der Waals surface area (Å²) in [7, 11) is 0. The lowest BCUT2D eigenvalue weighted by molar-refractivity contribution is 0.682. The molecule has 0 bridgehead atoms. The van der Waals surface area contributed by atoms with E-state index >= 15 is 0 Å². The molecule has 4 heteroatoms. The third-order valence-electron chi connectivity index (χ3n) is 3.75. The number of benzene rings is 1. The van der Waals surface area contributed by atoms with Crippen molar-refractivity contribution in [3.8, 4) is 0 Å². The minimum Gasteiger partial charge on any atom is -0.320 e. The summed E-state index contributed by atoms with van der Waals surface area (Å²) in [5.74, 6) is 0. The van der Waals surface area contributed by atoms with E-state index < -0.39 is 0 Å². The van der Waals surface area contributed by atoms with E-state index in [1.165, 1.54) is 42.4 Å². The highest BCUT2D eigenvalue weighted by Crippen LogP contribution is 2.37. The molecule has 1 aromatic carbocycles. The zero-order valence-corrected chi connectivity index (χ0v) is 14.4. The quantitative estimate of drug-likeness (QED) is 0.736. The summed E-state index contributed by atoms with van der Waals surface area (Å²) in [5, 5.41) is 0. The summed E-state index contributed by atoms with van der Waals surface area (Å²) in [6.07, 6.45) is 5.05. The molecular weight excluding hydrogens is 386 g/mol. The summed E-state index contributed by atoms with van der Waals surface area (Å²) in [6.45, 7) is 0. The first-order valence-corrected chi connectivity index (χ1v) is 8.87. The number of halogens is 2. The van der Waals surface area contributed by atoms with E-state index in [0.29, 0.717) is 0 Å². The van der Waals surface area contributed by atoms with Crippen LogP contribution in [0.4, 0.5) is 0 Å². The molecule has 0 spiro atoms. The Morgan fingerprint density at radius 2 is 1.79 bits per heavy atom. The van der Waals surface area contributed by atoms with Crippen molar-refractivity contribution in [3.05, 3.63) is 54.1 Å². The molecule has 1 nitrogen and oxygen atoms in total. The molecule has 2 aromatic rings. The van der Waals surface area contributed by atoms with Gasteiger partial charge in [-0.1, -0.05) is 18.2 Å². The SMILES string of the molecule is NC(c1ccc2c(c1)CCCC2)c1cc(Br)sc1Br. The number of rotatable bonds is 2. The fourth-order valence-electron chi connectivity index (χ4n) is 2.69. The Morgan fingerprint density at radius 3 is 2.47 bits per heavy atom. The average molecular weight is 401 g/mol. The molecule has 0 fully saturated rings. The van der Waals surface area contributed by atoms with Crippen LogP contribution in [0.3, 0.4) is 0 Å². The molecule has 1 unspecified atom stereocenters. The molecular formula is C15H15Br2NS. The van der Waals surface area contributed by atoms with Crippen LogP contribution < -0.4 is 5.73 Å². The van der Waals surface area contributed by atoms with Crippen LogP contribution in [0.1, 0.15) is 41.1 Å². The largest absolute Gasteiger partial charge is 0.320 e. The number of nitrogens with two attached hydrogens (primary N) is 1. The third kappa shape index (κ3) is 2.82. The monoisotopic (exact) mass is 399 g/mol. The number of thiophene rings is 1. The second-order valence-electron chi connectivity index (χ2n) is 4.99. The first kappa shape index (κ1) is 13.8. The van der Waals surface area contributed by atoms with Crippen molar-refractivity contribution >= 4 is 43.2 Å². The second-order valence-corrected chi connectivity index (χ2v) is 8.74. The fraction of sp³-hybridized carbons (Fsp3) is 0.333. The van der Waals surface area contributed by atoms with Crippen LogP contribution in [0, 0.1) is 0 Å². The van der Waals surface area contributed by atoms with Crippen LogP contribution in [0.2, 0.25) is 0 Å². The molecule has 1 aromatic heterocycles. The van der Waals surface area contributed by atoms with Crippen molar-refractivity contribution in [2.75, 3.05) is 0 Å². The van der Waals surface area contributed by atoms with Gasteiger partial charge in [-0.15, -0.1) is 11.3 Å². The van der Waals surface area contributed by atoms with Gasteiger partial charge in [0.2, 0.25) is 0 Å². The molecule has 1 atom stereocenters. The van der Waals surface area contributed by atoms with Crippen molar-refractivity contribution in [2.45, 2.75) is 31.7 Å². The summed E-state index contributed by atoms with van der Waals surface area (Å²) >= 11 is 8.79. The van der Waals surface area contributed by atoms with Gasteiger partial charge in [-0.3, -0.25) is 0 Å². The predicted octanol–water partition coefficient (Wildman–Crippen LogP) is 5.20. The zero-order chi connectivity index (χ0) is 13.4. The van der Waals surface area contributed by atoms with E-state index in [1.807, 2.05) is 0 Å². The molecule has 2 N–H and O–H groups in total. The van der Waals surface area contributed by atoms with E-state index in [2.05, 4.69) is 56.1 Å². The van der Waals surface area contributed by atoms with Gasteiger partial charge in [0.25, 0.3) is 0 Å². The van der Waals surface area contributed by atoms with Crippen LogP contribution in [-0.2, 0) is 12.8 Å². The van der Waals surface area contributed by atoms with E-state index in [4.69, 9.17) is 5.73 Å². The predicted molar refractivity (Wildman–Crippen MR) is 88.8 cm³/mol. The zero-order valence-electron chi connectivity index (χ0n) is 10.5. The maximum absolute atomic E-state index is 6.42. The highest BCUT2D eigenvalue weighted by atomic mass is 79.9. The molecule has 0 radical (unpaired) electrons. The lowest BCUT2D eigenvalue weighted by atomic mass is 9.88. The molecule has 0 aliphatic heterocycles. The lowest BCUT2D eigenvalue weighted by Gasteiger charge is -2.19. The van der Waals surface area contributed by atoms with Crippen molar-refractivity contribution in [1.29, 1.82) is 0 Å². The maximum Gasteiger partial charge on any atom is 0.0761 e. The van der Waals surface area contributed by atoms with Crippen LogP contribution >= 0.6 is 43.2 Å². The lowest BCUT2D eigenvalue weighted by Crippen LogP contribution is -2.13. The van der Waals surface area contributed by atoms with Crippen molar-refractivity contribution in [1.82, 2.24) is 0 Å². The van der Waals surface area contributed by atoms with E-state index in [1.54, 1.807) is 11.3 Å². The van der Waals surface area contributed by atoms with Crippen LogP contribution in [-0.4, -0.2) is 0 Å². The number of hydrogen-bond donors (Lipinski definition) is 1. The summed E-state index contributed by atoms with van der Waals surface area (Å²) in [4.78, 5) is 0. The smallest absolute Gasteiger partial charge is 0.0761 e. The summed E-state index contributed by atoms with van der Waals surface area (Å²) in [6, 6.07) is 8.81. The highest BCUT2D eigenvalue weighted by Gasteiger charge is 2.17. The van der Waals surface area contributed by atoms with E-state index in [-0.39, 0.29) is 6.04 Å². The van der Waals surface area contributed by atoms with Gasteiger partial charge in [0, 0.05) is 0 Å². The van der Waals surface area contributed by atoms with Gasteiger partial charge in [0.15, 0.2) is 0 Å². The molecule has 19 heavy (non-hydrogen) atoms. The van der Waals surface area contributed by atoms with Crippen LogP contribution in [0.25, 0.3) is 0 Å². The molecule has 0 saturated heterocycles. The van der Waals surface area contributed by atoms with Crippen molar-refractivity contribution in [2.24, 2.45) is 5.73 Å². The second kappa shape index (κ2) is 5.68. The van der Waals surface area contributed by atoms with Crippen LogP contribution in [0.5, 0.6) is 0 Å². The minimum atomic E-state index is -0.0517. The number of fused-ring (bicyclic) bond motifs is 1. The maximum atomic E-state index is 6.42. The Kier molecular flexibility index (Phi) is 4.13. The topological polar surface area (TPSA) is 26.0 Å². The Balaban J connectivity index is 1.95. The van der Waals surface area contributed by atoms with Gasteiger partial charge < -0.3 is 5.73 Å². The van der Waals surface area contributed by atoms with Gasteiger partial charge in [-0.2, -0.15) is 0 Å². The molecule has 0 amide bonds. The van der Waals surface area contributed by atoms with Gasteiger partial charge in [-0.05, 0) is 85.9 Å². The Hall–Kier alpha value is -0.160. The Morgan fingerprint density at radius 1 is 1.05 bits per heavy atom. The van der Waals surface area contributed by atoms with Gasteiger partial charge in [0.1, 0.15) is 0 Å². The molecule has 1 aliphatic rings. The Labute approximate surface area is 134 Å². The standard InChI is InChI=1S/C15H15Br2NS/c16-13-8-12(15(17)19-13)14(18)11-6-5-9-3-1-2-4-10(9)7-11/h5-8,14H,1-4,18H2. The third-order valence-corrected chi connectivity index (χ3v) is 6.14. The van der Waals surface area contributed by atoms with Crippen molar-refractivity contribution in [3.63, 3.8) is 0 Å². The highest BCUT2D eigenvalue weighted by molar-refractivity contribution is 9.12. The number of hydrogen-bond acceptors (Lipinski definition) is 2. The molecule has 0 saturated carbocycles.